The molecule has 104 valence electrons. The van der Waals surface area contributed by atoms with Gasteiger partial charge in [-0.2, -0.15) is 0 Å². The molecule has 2 rings (SSSR count). The quantitative estimate of drug-likeness (QED) is 0.938. The summed E-state index contributed by atoms with van der Waals surface area (Å²) in [6.07, 6.45) is 1.02. The number of aromatic nitrogens is 1. The zero-order chi connectivity index (χ0) is 14.7. The van der Waals surface area contributed by atoms with Crippen LogP contribution in [0.5, 0.6) is 0 Å². The van der Waals surface area contributed by atoms with Crippen molar-refractivity contribution in [3.63, 3.8) is 0 Å². The summed E-state index contributed by atoms with van der Waals surface area (Å²) in [5.74, 6) is -1.28. The third-order valence-corrected chi connectivity index (χ3v) is 2.82. The molecule has 1 aromatic heterocycles. The standard InChI is InChI=1S/C14H13F2N3O/c1-17-13-12(7-10(16)8-18-13)14(20)19(2)11-5-3-4-9(15)6-11/h3-8H,1-2H3,(H,17,18). The van der Waals surface area contributed by atoms with Gasteiger partial charge in [0.1, 0.15) is 17.5 Å². The second-order valence-electron chi connectivity index (χ2n) is 4.14. The molecule has 4 nitrogen and oxygen atoms in total. The van der Waals surface area contributed by atoms with Gasteiger partial charge in [0, 0.05) is 19.8 Å². The van der Waals surface area contributed by atoms with Crippen molar-refractivity contribution in [1.29, 1.82) is 0 Å². The summed E-state index contributed by atoms with van der Waals surface area (Å²) in [7, 11) is 3.07. The number of halogens is 2. The Kier molecular flexibility index (Phi) is 3.93. The van der Waals surface area contributed by atoms with Gasteiger partial charge in [0.15, 0.2) is 0 Å². The van der Waals surface area contributed by atoms with Crippen LogP contribution < -0.4 is 10.2 Å². The molecule has 0 aliphatic carbocycles. The van der Waals surface area contributed by atoms with E-state index in [2.05, 4.69) is 10.3 Å². The van der Waals surface area contributed by atoms with Gasteiger partial charge in [-0.1, -0.05) is 6.07 Å². The number of amides is 1. The number of nitrogens with one attached hydrogen (secondary N) is 1. The largest absolute Gasteiger partial charge is 0.372 e. The number of benzene rings is 1. The molecule has 1 amide bonds. The molecule has 0 aliphatic rings. The first-order chi connectivity index (χ1) is 9.52. The van der Waals surface area contributed by atoms with E-state index in [0.29, 0.717) is 5.69 Å². The second kappa shape index (κ2) is 5.64. The molecule has 1 heterocycles. The third kappa shape index (κ3) is 2.74. The van der Waals surface area contributed by atoms with Crippen LogP contribution in [0.2, 0.25) is 0 Å². The molecule has 0 radical (unpaired) electrons. The van der Waals surface area contributed by atoms with Gasteiger partial charge in [-0.05, 0) is 24.3 Å². The molecule has 0 spiro atoms. The molecule has 0 unspecified atom stereocenters. The van der Waals surface area contributed by atoms with Crippen LogP contribution in [0, 0.1) is 11.6 Å². The van der Waals surface area contributed by atoms with Crippen molar-refractivity contribution in [1.82, 2.24) is 4.98 Å². The fraction of sp³-hybridized carbons (Fsp3) is 0.143. The highest BCUT2D eigenvalue weighted by atomic mass is 19.1. The Labute approximate surface area is 115 Å². The second-order valence-corrected chi connectivity index (χ2v) is 4.14. The van der Waals surface area contributed by atoms with Gasteiger partial charge in [-0.3, -0.25) is 4.79 Å². The van der Waals surface area contributed by atoms with E-state index in [-0.39, 0.29) is 11.4 Å². The lowest BCUT2D eigenvalue weighted by Crippen LogP contribution is -2.27. The Morgan fingerprint density at radius 3 is 2.65 bits per heavy atom. The summed E-state index contributed by atoms with van der Waals surface area (Å²) >= 11 is 0. The molecule has 1 N–H and O–H groups in total. The van der Waals surface area contributed by atoms with Gasteiger partial charge in [-0.25, -0.2) is 13.8 Å². The molecule has 2 aromatic rings. The summed E-state index contributed by atoms with van der Waals surface area (Å²) in [5, 5.41) is 2.72. The number of anilines is 2. The molecule has 0 aliphatic heterocycles. The number of rotatable bonds is 3. The van der Waals surface area contributed by atoms with Crippen LogP contribution in [0.15, 0.2) is 36.5 Å². The molecule has 0 saturated heterocycles. The minimum Gasteiger partial charge on any atom is -0.372 e. The van der Waals surface area contributed by atoms with Gasteiger partial charge in [-0.15, -0.1) is 0 Å². The highest BCUT2D eigenvalue weighted by molar-refractivity contribution is 6.08. The van der Waals surface area contributed by atoms with Gasteiger partial charge in [0.05, 0.1) is 11.8 Å². The maximum atomic E-state index is 13.3. The highest BCUT2D eigenvalue weighted by Gasteiger charge is 2.19. The van der Waals surface area contributed by atoms with Gasteiger partial charge in [0.25, 0.3) is 5.91 Å². The lowest BCUT2D eigenvalue weighted by molar-refractivity contribution is 0.0993. The SMILES string of the molecule is CNc1ncc(F)cc1C(=O)N(C)c1cccc(F)c1. The van der Waals surface area contributed by atoms with Crippen LogP contribution in [-0.4, -0.2) is 25.0 Å². The van der Waals surface area contributed by atoms with Crippen molar-refractivity contribution >= 4 is 17.4 Å². The van der Waals surface area contributed by atoms with Crippen LogP contribution in [0.4, 0.5) is 20.3 Å². The van der Waals surface area contributed by atoms with Crippen molar-refractivity contribution in [3.8, 4) is 0 Å². The smallest absolute Gasteiger partial charge is 0.261 e. The van der Waals surface area contributed by atoms with Crippen molar-refractivity contribution in [2.75, 3.05) is 24.3 Å². The first kappa shape index (κ1) is 13.9. The number of hydrogen-bond acceptors (Lipinski definition) is 3. The predicted octanol–water partition coefficient (Wildman–Crippen LogP) is 2.68. The molecule has 0 bridgehead atoms. The maximum absolute atomic E-state index is 13.3. The topological polar surface area (TPSA) is 45.2 Å². The van der Waals surface area contributed by atoms with Gasteiger partial charge in [0.2, 0.25) is 0 Å². The minimum atomic E-state index is -0.611. The molecule has 1 aromatic carbocycles. The van der Waals surface area contributed by atoms with Crippen molar-refractivity contribution < 1.29 is 13.6 Å². The van der Waals surface area contributed by atoms with Gasteiger partial charge >= 0.3 is 0 Å². The summed E-state index contributed by atoms with van der Waals surface area (Å²) in [4.78, 5) is 17.4. The summed E-state index contributed by atoms with van der Waals surface area (Å²) in [6, 6.07) is 6.69. The average molecular weight is 277 g/mol. The minimum absolute atomic E-state index is 0.0826. The van der Waals surface area contributed by atoms with Crippen molar-refractivity contribution in [3.05, 3.63) is 53.7 Å². The fourth-order valence-corrected chi connectivity index (χ4v) is 1.78. The van der Waals surface area contributed by atoms with E-state index in [1.54, 1.807) is 13.1 Å². The van der Waals surface area contributed by atoms with E-state index in [0.717, 1.165) is 12.3 Å². The van der Waals surface area contributed by atoms with Crippen molar-refractivity contribution in [2.45, 2.75) is 0 Å². The Morgan fingerprint density at radius 2 is 2.00 bits per heavy atom. The highest BCUT2D eigenvalue weighted by Crippen LogP contribution is 2.20. The fourth-order valence-electron chi connectivity index (χ4n) is 1.78. The van der Waals surface area contributed by atoms with Crippen LogP contribution in [-0.2, 0) is 0 Å². The Bertz CT molecular complexity index is 646. The van der Waals surface area contributed by atoms with Gasteiger partial charge < -0.3 is 10.2 Å². The summed E-state index contributed by atoms with van der Waals surface area (Å²) < 4.78 is 26.4. The summed E-state index contributed by atoms with van der Waals surface area (Å²) in [5.41, 5.74) is 0.459. The molecule has 0 fully saturated rings. The number of pyridine rings is 1. The molecule has 0 saturated carbocycles. The first-order valence-electron chi connectivity index (χ1n) is 5.90. The third-order valence-electron chi connectivity index (χ3n) is 2.82. The molecule has 6 heteroatoms. The van der Waals surface area contributed by atoms with E-state index in [9.17, 15) is 13.6 Å². The van der Waals surface area contributed by atoms with Crippen LogP contribution in [0.1, 0.15) is 10.4 Å². The average Bonchev–Trinajstić information content (AvgIpc) is 2.45. The van der Waals surface area contributed by atoms with E-state index in [4.69, 9.17) is 0 Å². The monoisotopic (exact) mass is 277 g/mol. The Hall–Kier alpha value is -2.50. The van der Waals surface area contributed by atoms with Crippen LogP contribution >= 0.6 is 0 Å². The number of carbonyl (C=O) groups is 1. The van der Waals surface area contributed by atoms with E-state index in [1.807, 2.05) is 0 Å². The van der Waals surface area contributed by atoms with E-state index >= 15 is 0 Å². The normalized spacial score (nSPS) is 10.2. The molecule has 0 atom stereocenters. The van der Waals surface area contributed by atoms with E-state index < -0.39 is 17.5 Å². The number of nitrogens with zero attached hydrogens (tertiary/aromatic N) is 2. The lowest BCUT2D eigenvalue weighted by atomic mass is 10.2. The number of hydrogen-bond donors (Lipinski definition) is 1. The number of carbonyl (C=O) groups excluding carboxylic acids is 1. The maximum Gasteiger partial charge on any atom is 0.261 e. The van der Waals surface area contributed by atoms with Crippen LogP contribution in [0.25, 0.3) is 0 Å². The molecule has 20 heavy (non-hydrogen) atoms. The lowest BCUT2D eigenvalue weighted by Gasteiger charge is -2.18. The van der Waals surface area contributed by atoms with Crippen molar-refractivity contribution in [2.24, 2.45) is 0 Å². The molecular weight excluding hydrogens is 264 g/mol. The molecular formula is C14H13F2N3O. The first-order valence-corrected chi connectivity index (χ1v) is 5.90. The zero-order valence-electron chi connectivity index (χ0n) is 11.0. The Balaban J connectivity index is 2.38. The van der Waals surface area contributed by atoms with Crippen LogP contribution in [0.3, 0.4) is 0 Å². The Morgan fingerprint density at radius 1 is 1.25 bits per heavy atom. The van der Waals surface area contributed by atoms with E-state index in [1.165, 1.54) is 30.1 Å². The zero-order valence-corrected chi connectivity index (χ0v) is 11.0. The summed E-state index contributed by atoms with van der Waals surface area (Å²) in [6.45, 7) is 0. The predicted molar refractivity (Wildman–Crippen MR) is 72.9 cm³/mol.